The molecule has 1 rings (SSSR count). The topological polar surface area (TPSA) is 70.2 Å². The molecule has 0 unspecified atom stereocenters. The molecule has 1 aromatic carbocycles. The van der Waals surface area contributed by atoms with Crippen LogP contribution in [0.15, 0.2) is 12.1 Å². The summed E-state index contributed by atoms with van der Waals surface area (Å²) in [5.41, 5.74) is 0.477. The van der Waals surface area contributed by atoms with Crippen LogP contribution in [0, 0.1) is 5.82 Å². The van der Waals surface area contributed by atoms with Crippen molar-refractivity contribution in [3.05, 3.63) is 33.6 Å². The Bertz CT molecular complexity index is 584. The van der Waals surface area contributed by atoms with Crippen molar-refractivity contribution in [3.63, 3.8) is 0 Å². The smallest absolute Gasteiger partial charge is 0.321 e. The van der Waals surface area contributed by atoms with Crippen LogP contribution in [0.25, 0.3) is 0 Å². The Morgan fingerprint density at radius 3 is 2.48 bits per heavy atom. The molecule has 5 nitrogen and oxygen atoms in total. The van der Waals surface area contributed by atoms with Gasteiger partial charge in [-0.2, -0.15) is 0 Å². The summed E-state index contributed by atoms with van der Waals surface area (Å²) in [6.07, 6.45) is 0.761. The van der Waals surface area contributed by atoms with E-state index in [9.17, 15) is 14.0 Å². The maximum Gasteiger partial charge on any atom is 0.321 e. The fourth-order valence-corrected chi connectivity index (χ4v) is 2.31. The van der Waals surface area contributed by atoms with Crippen molar-refractivity contribution >= 4 is 35.1 Å². The monoisotopic (exact) mass is 363 g/mol. The normalized spacial score (nSPS) is 13.3. The van der Waals surface area contributed by atoms with Gasteiger partial charge in [0.1, 0.15) is 5.82 Å². The first kappa shape index (κ1) is 19.7. The maximum atomic E-state index is 13.5. The number of carbonyl (C=O) groups excluding carboxylic acids is 2. The number of hydrogen-bond acceptors (Lipinski definition) is 3. The van der Waals surface area contributed by atoms with E-state index in [1.807, 2.05) is 13.8 Å². The molecule has 0 spiro atoms. The molecule has 0 heterocycles. The fourth-order valence-electron chi connectivity index (χ4n) is 1.76. The molecule has 8 heteroatoms. The molecule has 23 heavy (non-hydrogen) atoms. The summed E-state index contributed by atoms with van der Waals surface area (Å²) in [6.45, 7) is 5.36. The van der Waals surface area contributed by atoms with Crippen LogP contribution in [0.5, 0.6) is 0 Å². The molecular formula is C15H20Cl2FN3O2. The van der Waals surface area contributed by atoms with Crippen molar-refractivity contribution in [1.82, 2.24) is 16.0 Å². The number of carbonyl (C=O) groups is 2. The Morgan fingerprint density at radius 1 is 1.22 bits per heavy atom. The van der Waals surface area contributed by atoms with E-state index in [1.165, 1.54) is 12.1 Å². The SMILES string of the molecule is CC[C@@H](C)NC(=O)NC(=O)CN[C@H](C)c1cc(F)c(Cl)cc1Cl. The standard InChI is InChI=1S/C15H20Cl2FN3O2/c1-4-8(2)20-15(23)21-14(22)7-19-9(3)10-5-13(18)12(17)6-11(10)16/h5-6,8-9,19H,4,7H2,1-3H3,(H2,20,21,22,23)/t8-,9-/m1/s1. The Hall–Kier alpha value is -1.37. The van der Waals surface area contributed by atoms with E-state index in [0.29, 0.717) is 10.6 Å². The Balaban J connectivity index is 2.53. The molecule has 0 saturated carbocycles. The largest absolute Gasteiger partial charge is 0.335 e. The molecule has 3 amide bonds. The van der Waals surface area contributed by atoms with Gasteiger partial charge in [0.25, 0.3) is 0 Å². The van der Waals surface area contributed by atoms with E-state index < -0.39 is 23.8 Å². The maximum absolute atomic E-state index is 13.5. The summed E-state index contributed by atoms with van der Waals surface area (Å²) in [5.74, 6) is -1.08. The average molecular weight is 364 g/mol. The molecule has 0 aromatic heterocycles. The molecule has 0 radical (unpaired) electrons. The van der Waals surface area contributed by atoms with Gasteiger partial charge < -0.3 is 10.6 Å². The van der Waals surface area contributed by atoms with Gasteiger partial charge in [-0.05, 0) is 38.0 Å². The number of urea groups is 1. The average Bonchev–Trinajstić information content (AvgIpc) is 2.48. The van der Waals surface area contributed by atoms with Gasteiger partial charge in [0.05, 0.1) is 11.6 Å². The quantitative estimate of drug-likeness (QED) is 0.678. The molecule has 3 N–H and O–H groups in total. The highest BCUT2D eigenvalue weighted by Gasteiger charge is 2.15. The molecule has 0 bridgehead atoms. The summed E-state index contributed by atoms with van der Waals surface area (Å²) in [5, 5.41) is 7.93. The van der Waals surface area contributed by atoms with Crippen molar-refractivity contribution in [3.8, 4) is 0 Å². The number of hydrogen-bond donors (Lipinski definition) is 3. The van der Waals surface area contributed by atoms with E-state index in [1.54, 1.807) is 6.92 Å². The molecule has 0 aliphatic carbocycles. The van der Waals surface area contributed by atoms with Crippen LogP contribution >= 0.6 is 23.2 Å². The highest BCUT2D eigenvalue weighted by Crippen LogP contribution is 2.28. The van der Waals surface area contributed by atoms with Gasteiger partial charge in [-0.25, -0.2) is 9.18 Å². The first-order chi connectivity index (χ1) is 10.7. The first-order valence-corrected chi connectivity index (χ1v) is 7.98. The first-order valence-electron chi connectivity index (χ1n) is 7.22. The van der Waals surface area contributed by atoms with Crippen molar-refractivity contribution in [2.75, 3.05) is 6.54 Å². The van der Waals surface area contributed by atoms with Crippen LogP contribution in [0.2, 0.25) is 10.0 Å². The lowest BCUT2D eigenvalue weighted by Crippen LogP contribution is -2.46. The Morgan fingerprint density at radius 2 is 1.87 bits per heavy atom. The summed E-state index contributed by atoms with van der Waals surface area (Å²) in [7, 11) is 0. The molecule has 128 valence electrons. The third kappa shape index (κ3) is 6.33. The lowest BCUT2D eigenvalue weighted by molar-refractivity contribution is -0.119. The van der Waals surface area contributed by atoms with E-state index in [0.717, 1.165) is 6.42 Å². The minimum atomic E-state index is -0.586. The summed E-state index contributed by atoms with van der Waals surface area (Å²) in [4.78, 5) is 23.2. The van der Waals surface area contributed by atoms with Gasteiger partial charge in [0.2, 0.25) is 5.91 Å². The Labute approximate surface area is 144 Å². The van der Waals surface area contributed by atoms with Gasteiger partial charge in [0, 0.05) is 17.1 Å². The summed E-state index contributed by atoms with van der Waals surface area (Å²) in [6, 6.07) is 1.57. The van der Waals surface area contributed by atoms with Crippen LogP contribution in [-0.4, -0.2) is 24.5 Å². The van der Waals surface area contributed by atoms with E-state index >= 15 is 0 Å². The highest BCUT2D eigenvalue weighted by molar-refractivity contribution is 6.35. The number of nitrogens with one attached hydrogen (secondary N) is 3. The van der Waals surface area contributed by atoms with Crippen molar-refractivity contribution < 1.29 is 14.0 Å². The number of halogens is 3. The molecule has 0 fully saturated rings. The van der Waals surface area contributed by atoms with Crippen LogP contribution < -0.4 is 16.0 Å². The van der Waals surface area contributed by atoms with Gasteiger partial charge in [-0.15, -0.1) is 0 Å². The lowest BCUT2D eigenvalue weighted by Gasteiger charge is -2.16. The second kappa shape index (κ2) is 9.05. The summed E-state index contributed by atoms with van der Waals surface area (Å²) < 4.78 is 13.5. The fraction of sp³-hybridized carbons (Fsp3) is 0.467. The zero-order valence-corrected chi connectivity index (χ0v) is 14.7. The van der Waals surface area contributed by atoms with Crippen molar-refractivity contribution in [1.29, 1.82) is 0 Å². The van der Waals surface area contributed by atoms with Crippen molar-refractivity contribution in [2.45, 2.75) is 39.3 Å². The molecule has 2 atom stereocenters. The van der Waals surface area contributed by atoms with Gasteiger partial charge in [-0.1, -0.05) is 30.1 Å². The van der Waals surface area contributed by atoms with Gasteiger partial charge >= 0.3 is 6.03 Å². The Kier molecular flexibility index (Phi) is 7.75. The van der Waals surface area contributed by atoms with Gasteiger partial charge in [0.15, 0.2) is 0 Å². The van der Waals surface area contributed by atoms with E-state index in [-0.39, 0.29) is 17.6 Å². The molecule has 0 saturated heterocycles. The number of amides is 3. The molecular weight excluding hydrogens is 344 g/mol. The van der Waals surface area contributed by atoms with E-state index in [2.05, 4.69) is 16.0 Å². The minimum Gasteiger partial charge on any atom is -0.335 e. The van der Waals surface area contributed by atoms with Gasteiger partial charge in [-0.3, -0.25) is 10.1 Å². The summed E-state index contributed by atoms with van der Waals surface area (Å²) >= 11 is 11.7. The molecule has 1 aromatic rings. The zero-order chi connectivity index (χ0) is 17.6. The van der Waals surface area contributed by atoms with E-state index in [4.69, 9.17) is 23.2 Å². The second-order valence-electron chi connectivity index (χ2n) is 5.22. The number of imide groups is 1. The number of benzene rings is 1. The second-order valence-corrected chi connectivity index (χ2v) is 6.04. The highest BCUT2D eigenvalue weighted by atomic mass is 35.5. The van der Waals surface area contributed by atoms with Crippen LogP contribution in [-0.2, 0) is 4.79 Å². The number of rotatable bonds is 6. The zero-order valence-electron chi connectivity index (χ0n) is 13.2. The molecule has 0 aliphatic heterocycles. The van der Waals surface area contributed by atoms with Crippen molar-refractivity contribution in [2.24, 2.45) is 0 Å². The minimum absolute atomic E-state index is 0.0227. The third-order valence-electron chi connectivity index (χ3n) is 3.32. The van der Waals surface area contributed by atoms with Crippen LogP contribution in [0.3, 0.4) is 0 Å². The third-order valence-corrected chi connectivity index (χ3v) is 3.93. The predicted octanol–water partition coefficient (Wildman–Crippen LogP) is 3.41. The molecule has 0 aliphatic rings. The predicted molar refractivity (Wildman–Crippen MR) is 89.3 cm³/mol. The van der Waals surface area contributed by atoms with Crippen LogP contribution in [0.4, 0.5) is 9.18 Å². The van der Waals surface area contributed by atoms with Crippen LogP contribution in [0.1, 0.15) is 38.8 Å². The lowest BCUT2D eigenvalue weighted by atomic mass is 10.1.